The van der Waals surface area contributed by atoms with Crippen LogP contribution >= 0.6 is 0 Å². The first-order chi connectivity index (χ1) is 13.3. The van der Waals surface area contributed by atoms with Gasteiger partial charge in [-0.25, -0.2) is 0 Å². The van der Waals surface area contributed by atoms with E-state index < -0.39 is 0 Å². The Morgan fingerprint density at radius 2 is 1.03 bits per heavy atom. The Balaban J connectivity index is -0.000000350. The highest BCUT2D eigenvalue weighted by atomic mass is 16.3. The van der Waals surface area contributed by atoms with Crippen LogP contribution in [0.25, 0.3) is 0 Å². The maximum absolute atomic E-state index is 9.33. The summed E-state index contributed by atoms with van der Waals surface area (Å²) < 4.78 is 0. The Bertz CT molecular complexity index is 319. The number of aliphatic hydroxyl groups excluding tert-OH is 4. The van der Waals surface area contributed by atoms with Gasteiger partial charge in [-0.05, 0) is 55.3 Å². The molecule has 0 heterocycles. The van der Waals surface area contributed by atoms with Crippen molar-refractivity contribution in [2.75, 3.05) is 13.2 Å². The lowest BCUT2D eigenvalue weighted by molar-refractivity contribution is 0.0393. The van der Waals surface area contributed by atoms with Crippen LogP contribution in [-0.2, 0) is 0 Å². The van der Waals surface area contributed by atoms with Crippen LogP contribution < -0.4 is 0 Å². The molecule has 5 unspecified atom stereocenters. The molecule has 4 nitrogen and oxygen atoms in total. The summed E-state index contributed by atoms with van der Waals surface area (Å²) >= 11 is 0. The molecule has 4 N–H and O–H groups in total. The summed E-state index contributed by atoms with van der Waals surface area (Å²) in [6.07, 6.45) is 2.47. The molecular formula is C25H56O4. The summed E-state index contributed by atoms with van der Waals surface area (Å²) in [5, 5.41) is 36.3. The lowest BCUT2D eigenvalue weighted by atomic mass is 9.88. The Morgan fingerprint density at radius 3 is 1.10 bits per heavy atom. The van der Waals surface area contributed by atoms with E-state index in [0.29, 0.717) is 42.1 Å². The van der Waals surface area contributed by atoms with E-state index in [2.05, 4.69) is 48.5 Å². The van der Waals surface area contributed by atoms with Gasteiger partial charge in [-0.1, -0.05) is 75.7 Å². The average Bonchev–Trinajstić information content (AvgIpc) is 2.60. The van der Waals surface area contributed by atoms with E-state index in [1.807, 2.05) is 27.7 Å². The number of hydrogen-bond acceptors (Lipinski definition) is 4. The van der Waals surface area contributed by atoms with Crippen molar-refractivity contribution in [3.05, 3.63) is 0 Å². The number of rotatable bonds is 11. The van der Waals surface area contributed by atoms with E-state index in [0.717, 1.165) is 19.3 Å². The minimum atomic E-state index is -0.343. The van der Waals surface area contributed by atoms with Crippen molar-refractivity contribution in [3.63, 3.8) is 0 Å². The summed E-state index contributed by atoms with van der Waals surface area (Å²) in [6, 6.07) is 0. The van der Waals surface area contributed by atoms with Gasteiger partial charge in [-0.15, -0.1) is 0 Å². The largest absolute Gasteiger partial charge is 0.396 e. The standard InChI is InChI=1S/C9H20O.C8H18O2.C8H18O/c1-7(2)5-9(6-10)8(3)4;1-4-8(10)7(5-9)6(2)3;1-5-8(6(2)3)7(4)9/h7-10H,5-6H2,1-4H3;6-10H,4-5H2,1-3H3;6-9H,5H2,1-4H3. The molecule has 0 radical (unpaired) electrons. The molecule has 4 heteroatoms. The average molecular weight is 421 g/mol. The molecule has 0 aliphatic heterocycles. The zero-order chi connectivity index (χ0) is 23.7. The monoisotopic (exact) mass is 420 g/mol. The highest BCUT2D eigenvalue weighted by molar-refractivity contribution is 4.69. The molecule has 0 spiro atoms. The van der Waals surface area contributed by atoms with E-state index in [1.165, 1.54) is 0 Å². The van der Waals surface area contributed by atoms with Crippen molar-refractivity contribution in [1.29, 1.82) is 0 Å². The molecule has 0 rings (SSSR count). The van der Waals surface area contributed by atoms with E-state index in [9.17, 15) is 10.2 Å². The maximum Gasteiger partial charge on any atom is 0.0590 e. The van der Waals surface area contributed by atoms with Crippen molar-refractivity contribution < 1.29 is 20.4 Å². The van der Waals surface area contributed by atoms with Crippen molar-refractivity contribution in [2.45, 2.75) is 108 Å². The van der Waals surface area contributed by atoms with Gasteiger partial charge in [0.2, 0.25) is 0 Å². The highest BCUT2D eigenvalue weighted by Crippen LogP contribution is 2.19. The lowest BCUT2D eigenvalue weighted by Crippen LogP contribution is -2.27. The zero-order valence-corrected chi connectivity index (χ0v) is 21.5. The van der Waals surface area contributed by atoms with E-state index in [1.54, 1.807) is 0 Å². The second-order valence-corrected chi connectivity index (χ2v) is 9.94. The third kappa shape index (κ3) is 18.3. The minimum Gasteiger partial charge on any atom is -0.396 e. The fourth-order valence-electron chi connectivity index (χ4n) is 3.61. The molecule has 0 aliphatic rings. The van der Waals surface area contributed by atoms with Gasteiger partial charge in [0.05, 0.1) is 12.2 Å². The molecule has 0 amide bonds. The van der Waals surface area contributed by atoms with Gasteiger partial charge in [0.25, 0.3) is 0 Å². The summed E-state index contributed by atoms with van der Waals surface area (Å²) in [5.41, 5.74) is 0. The molecule has 0 aliphatic carbocycles. The normalized spacial score (nSPS) is 16.7. The summed E-state index contributed by atoms with van der Waals surface area (Å²) in [5.74, 6) is 3.32. The topological polar surface area (TPSA) is 80.9 Å². The van der Waals surface area contributed by atoms with Crippen LogP contribution in [0.2, 0.25) is 0 Å². The van der Waals surface area contributed by atoms with Crippen molar-refractivity contribution in [1.82, 2.24) is 0 Å². The highest BCUT2D eigenvalue weighted by Gasteiger charge is 2.19. The van der Waals surface area contributed by atoms with Crippen LogP contribution in [0.1, 0.15) is 95.4 Å². The van der Waals surface area contributed by atoms with Gasteiger partial charge < -0.3 is 20.4 Å². The summed E-state index contributed by atoms with van der Waals surface area (Å²) in [6.45, 7) is 23.4. The van der Waals surface area contributed by atoms with Crippen LogP contribution in [0.4, 0.5) is 0 Å². The Morgan fingerprint density at radius 1 is 0.586 bits per heavy atom. The Labute approximate surface area is 183 Å². The van der Waals surface area contributed by atoms with Gasteiger partial charge >= 0.3 is 0 Å². The fourth-order valence-corrected chi connectivity index (χ4v) is 3.61. The maximum atomic E-state index is 9.33. The van der Waals surface area contributed by atoms with Gasteiger partial charge in [-0.2, -0.15) is 0 Å². The second-order valence-electron chi connectivity index (χ2n) is 9.94. The predicted octanol–water partition coefficient (Wildman–Crippen LogP) is 5.37. The third-order valence-electron chi connectivity index (χ3n) is 5.88. The second kappa shape index (κ2) is 19.8. The van der Waals surface area contributed by atoms with Gasteiger partial charge in [-0.3, -0.25) is 0 Å². The molecule has 0 saturated heterocycles. The number of hydrogen-bond donors (Lipinski definition) is 4. The smallest absolute Gasteiger partial charge is 0.0590 e. The SMILES string of the molecule is CC(C)CC(CO)C(C)C.CCC(C(C)C)C(C)O.CCC(O)C(CO)C(C)C. The Hall–Kier alpha value is -0.160. The molecule has 0 aromatic heterocycles. The molecule has 0 aromatic carbocycles. The first-order valence-corrected chi connectivity index (χ1v) is 11.9. The molecule has 0 saturated carbocycles. The van der Waals surface area contributed by atoms with Gasteiger partial charge in [0.1, 0.15) is 0 Å². The predicted molar refractivity (Wildman–Crippen MR) is 127 cm³/mol. The van der Waals surface area contributed by atoms with Crippen LogP contribution in [0.3, 0.4) is 0 Å². The number of aliphatic hydroxyl groups is 4. The third-order valence-corrected chi connectivity index (χ3v) is 5.88. The van der Waals surface area contributed by atoms with Crippen molar-refractivity contribution in [3.8, 4) is 0 Å². The first-order valence-electron chi connectivity index (χ1n) is 11.9. The lowest BCUT2D eigenvalue weighted by Gasteiger charge is -2.22. The summed E-state index contributed by atoms with van der Waals surface area (Å²) in [7, 11) is 0. The van der Waals surface area contributed by atoms with E-state index in [-0.39, 0.29) is 24.7 Å². The van der Waals surface area contributed by atoms with Crippen molar-refractivity contribution in [2.24, 2.45) is 41.4 Å². The van der Waals surface area contributed by atoms with Crippen LogP contribution in [0.15, 0.2) is 0 Å². The van der Waals surface area contributed by atoms with Crippen LogP contribution in [0.5, 0.6) is 0 Å². The van der Waals surface area contributed by atoms with Gasteiger partial charge in [0.15, 0.2) is 0 Å². The molecular weight excluding hydrogens is 364 g/mol. The molecule has 0 aromatic rings. The zero-order valence-electron chi connectivity index (χ0n) is 21.5. The van der Waals surface area contributed by atoms with E-state index >= 15 is 0 Å². The van der Waals surface area contributed by atoms with E-state index in [4.69, 9.17) is 10.2 Å². The van der Waals surface area contributed by atoms with Crippen LogP contribution in [-0.4, -0.2) is 45.8 Å². The van der Waals surface area contributed by atoms with Gasteiger partial charge in [0, 0.05) is 19.1 Å². The summed E-state index contributed by atoms with van der Waals surface area (Å²) in [4.78, 5) is 0. The first kappa shape index (κ1) is 33.5. The molecule has 0 fully saturated rings. The molecule has 29 heavy (non-hydrogen) atoms. The fraction of sp³-hybridized carbons (Fsp3) is 1.00. The quantitative estimate of drug-likeness (QED) is 0.362. The molecule has 5 atom stereocenters. The van der Waals surface area contributed by atoms with Crippen molar-refractivity contribution >= 4 is 0 Å². The van der Waals surface area contributed by atoms with Crippen LogP contribution in [0, 0.1) is 41.4 Å². The minimum absolute atomic E-state index is 0.0463. The molecule has 180 valence electrons. The molecule has 0 bridgehead atoms. The Kier molecular flexibility index (Phi) is 22.8.